The monoisotopic (exact) mass is 731 g/mol. The van der Waals surface area contributed by atoms with Gasteiger partial charge in [0.1, 0.15) is 12.1 Å². The zero-order valence-corrected chi connectivity index (χ0v) is 29.6. The van der Waals surface area contributed by atoms with Crippen LogP contribution in [0.4, 0.5) is 0 Å². The highest BCUT2D eigenvalue weighted by Crippen LogP contribution is 2.35. The predicted octanol–water partition coefficient (Wildman–Crippen LogP) is 1.98. The van der Waals surface area contributed by atoms with E-state index in [1.807, 2.05) is 0 Å². The number of carboxylic acids is 1. The quantitative estimate of drug-likeness (QED) is 0.105. The Kier molecular flexibility index (Phi) is 13.7. The van der Waals surface area contributed by atoms with Crippen LogP contribution in [0.2, 0.25) is 0 Å². The van der Waals surface area contributed by atoms with Crippen molar-refractivity contribution >= 4 is 41.3 Å². The molecule has 2 aromatic carbocycles. The van der Waals surface area contributed by atoms with Crippen LogP contribution in [0.1, 0.15) is 93.9 Å². The van der Waals surface area contributed by atoms with Gasteiger partial charge in [-0.15, -0.1) is 0 Å². The van der Waals surface area contributed by atoms with Crippen molar-refractivity contribution in [2.75, 3.05) is 6.54 Å². The molecular weight excluding hydrogens is 682 g/mol. The first-order valence-corrected chi connectivity index (χ1v) is 18.5. The van der Waals surface area contributed by atoms with Gasteiger partial charge >= 0.3 is 5.97 Å². The topological polar surface area (TPSA) is 220 Å². The molecule has 0 saturated heterocycles. The van der Waals surface area contributed by atoms with Gasteiger partial charge < -0.3 is 36.8 Å². The minimum Gasteiger partial charge on any atom is -0.479 e. The van der Waals surface area contributed by atoms with Gasteiger partial charge in [-0.2, -0.15) is 0 Å². The molecule has 2 aromatic rings. The summed E-state index contributed by atoms with van der Waals surface area (Å²) in [5.41, 5.74) is 0.708. The van der Waals surface area contributed by atoms with E-state index in [0.717, 1.165) is 44.9 Å². The van der Waals surface area contributed by atoms with E-state index < -0.39 is 78.1 Å². The van der Waals surface area contributed by atoms with E-state index in [2.05, 4.69) is 26.6 Å². The maximum Gasteiger partial charge on any atom is 0.330 e. The molecule has 3 aliphatic carbocycles. The highest BCUT2D eigenvalue weighted by atomic mass is 16.4. The predicted molar refractivity (Wildman–Crippen MR) is 191 cm³/mol. The first kappa shape index (κ1) is 39.1. The van der Waals surface area contributed by atoms with Crippen LogP contribution in [0.3, 0.4) is 0 Å². The summed E-state index contributed by atoms with van der Waals surface area (Å²) >= 11 is 0. The maximum absolute atomic E-state index is 13.9. The molecule has 14 nitrogen and oxygen atoms in total. The summed E-state index contributed by atoms with van der Waals surface area (Å²) in [5.74, 6) is -6.04. The number of aliphatic hydroxyl groups excluding tert-OH is 1. The van der Waals surface area contributed by atoms with Crippen molar-refractivity contribution in [2.24, 2.45) is 17.8 Å². The zero-order valence-electron chi connectivity index (χ0n) is 29.6. The zero-order chi connectivity index (χ0) is 37.9. The Morgan fingerprint density at radius 1 is 0.623 bits per heavy atom. The van der Waals surface area contributed by atoms with Crippen LogP contribution >= 0.6 is 0 Å². The molecule has 0 spiro atoms. The first-order chi connectivity index (χ1) is 25.5. The van der Waals surface area contributed by atoms with E-state index in [1.54, 1.807) is 48.5 Å². The molecule has 284 valence electrons. The van der Waals surface area contributed by atoms with Crippen molar-refractivity contribution in [2.45, 2.75) is 101 Å². The molecule has 14 heteroatoms. The number of amides is 5. The van der Waals surface area contributed by atoms with E-state index in [-0.39, 0.29) is 24.2 Å². The molecule has 0 aromatic heterocycles. The average molecular weight is 732 g/mol. The average Bonchev–Trinajstić information content (AvgIpc) is 4.12. The molecule has 5 rings (SSSR count). The lowest BCUT2D eigenvalue weighted by molar-refractivity contribution is -0.142. The van der Waals surface area contributed by atoms with Crippen LogP contribution in [0, 0.1) is 17.8 Å². The smallest absolute Gasteiger partial charge is 0.330 e. The largest absolute Gasteiger partial charge is 0.479 e. The molecule has 5 atom stereocenters. The van der Waals surface area contributed by atoms with Crippen molar-refractivity contribution in [3.05, 3.63) is 71.8 Å². The molecule has 3 saturated carbocycles. The van der Waals surface area contributed by atoms with Crippen molar-refractivity contribution in [1.82, 2.24) is 26.6 Å². The molecule has 0 heterocycles. The highest BCUT2D eigenvalue weighted by molar-refractivity contribution is 6.38. The van der Waals surface area contributed by atoms with Crippen LogP contribution < -0.4 is 26.6 Å². The van der Waals surface area contributed by atoms with E-state index in [1.165, 1.54) is 12.1 Å². The van der Waals surface area contributed by atoms with Crippen LogP contribution in [0.5, 0.6) is 0 Å². The van der Waals surface area contributed by atoms with Crippen molar-refractivity contribution in [1.29, 1.82) is 0 Å². The second-order valence-electron chi connectivity index (χ2n) is 14.5. The number of benzene rings is 2. The molecular formula is C39H49N5O9. The number of carboxylic acid groups (broad SMARTS) is 1. The third-order valence-corrected chi connectivity index (χ3v) is 10.2. The molecule has 0 bridgehead atoms. The molecule has 53 heavy (non-hydrogen) atoms. The number of carbonyl (C=O) groups is 7. The van der Waals surface area contributed by atoms with Crippen LogP contribution in [-0.4, -0.2) is 76.2 Å². The Morgan fingerprint density at radius 2 is 1.17 bits per heavy atom. The van der Waals surface area contributed by atoms with E-state index in [9.17, 15) is 43.8 Å². The number of hydrogen-bond acceptors (Lipinski definition) is 8. The summed E-state index contributed by atoms with van der Waals surface area (Å²) in [6.45, 7) is -0.668. The van der Waals surface area contributed by atoms with Gasteiger partial charge in [-0.05, 0) is 54.6 Å². The van der Waals surface area contributed by atoms with Gasteiger partial charge in [0, 0.05) is 0 Å². The number of nitrogens with one attached hydrogen (secondary N) is 5. The summed E-state index contributed by atoms with van der Waals surface area (Å²) in [5, 5.41) is 33.2. The molecule has 0 aliphatic heterocycles. The highest BCUT2D eigenvalue weighted by Gasteiger charge is 2.39. The minimum atomic E-state index is -1.49. The Balaban J connectivity index is 1.22. The summed E-state index contributed by atoms with van der Waals surface area (Å²) < 4.78 is 0. The summed E-state index contributed by atoms with van der Waals surface area (Å²) in [6, 6.07) is 11.8. The van der Waals surface area contributed by atoms with Crippen LogP contribution in [0.25, 0.3) is 0 Å². The third-order valence-electron chi connectivity index (χ3n) is 10.2. The van der Waals surface area contributed by atoms with E-state index in [4.69, 9.17) is 0 Å². The van der Waals surface area contributed by atoms with E-state index >= 15 is 0 Å². The maximum atomic E-state index is 13.9. The van der Waals surface area contributed by atoms with Gasteiger partial charge in [0.2, 0.25) is 23.5 Å². The fourth-order valence-electron chi connectivity index (χ4n) is 6.81. The summed E-state index contributed by atoms with van der Waals surface area (Å²) in [6.07, 6.45) is 6.51. The van der Waals surface area contributed by atoms with Gasteiger partial charge in [0.15, 0.2) is 12.1 Å². The van der Waals surface area contributed by atoms with Gasteiger partial charge in [0.25, 0.3) is 11.8 Å². The van der Waals surface area contributed by atoms with Crippen LogP contribution in [0.15, 0.2) is 60.7 Å². The number of carbonyl (C=O) groups excluding carboxylic acids is 6. The fraction of sp³-hybridized carbons (Fsp3) is 0.513. The van der Waals surface area contributed by atoms with Gasteiger partial charge in [-0.25, -0.2) is 4.79 Å². The molecule has 0 radical (unpaired) electrons. The van der Waals surface area contributed by atoms with Crippen LogP contribution in [-0.2, 0) is 33.6 Å². The number of rotatable bonds is 19. The Labute approximate surface area is 308 Å². The van der Waals surface area contributed by atoms with Gasteiger partial charge in [-0.1, -0.05) is 106 Å². The molecule has 5 amide bonds. The SMILES string of the molecule is O=C(CNC(=O)C(=O)C(CC1CC1)NC(=O)[C@H](CC1CC1)NC(=O)C(NC(=O)C(O)c1ccccc1)C1CCCCC1)NC(C(=O)O)c1ccccc1. The standard InChI is InChI=1S/C39H49N5O9/c45-30(43-32(39(52)53)26-12-6-2-7-13-26)22-40-37(50)34(47)28(20-23-16-17-23)41-35(48)29(21-24-18-19-24)42-36(49)31(25-10-4-1-5-11-25)44-38(51)33(46)27-14-8-3-9-15-27/h2-3,6-9,12-15,23-25,28-29,31-33,46H,1,4-5,10-11,16-22H2,(H,40,50)(H,41,48)(H,42,49)(H,43,45)(H,44,51)(H,52,53)/t28?,29-,31?,32?,33?/m0/s1. The fourth-order valence-corrected chi connectivity index (χ4v) is 6.81. The molecule has 7 N–H and O–H groups in total. The lowest BCUT2D eigenvalue weighted by atomic mass is 9.83. The number of aliphatic hydroxyl groups is 1. The van der Waals surface area contributed by atoms with Gasteiger partial charge in [0.05, 0.1) is 12.6 Å². The normalized spacial score (nSPS) is 18.6. The Hall–Kier alpha value is -5.11. The van der Waals surface area contributed by atoms with Gasteiger partial charge in [-0.3, -0.25) is 28.8 Å². The van der Waals surface area contributed by atoms with Crippen molar-refractivity contribution in [3.8, 4) is 0 Å². The molecule has 3 fully saturated rings. The second kappa shape index (κ2) is 18.6. The Morgan fingerprint density at radius 3 is 1.74 bits per heavy atom. The second-order valence-corrected chi connectivity index (χ2v) is 14.5. The molecule has 3 aliphatic rings. The lowest BCUT2D eigenvalue weighted by Crippen LogP contribution is -2.58. The number of aliphatic carboxylic acids is 1. The summed E-state index contributed by atoms with van der Waals surface area (Å²) in [4.78, 5) is 91.7. The lowest BCUT2D eigenvalue weighted by Gasteiger charge is -2.32. The number of hydrogen-bond donors (Lipinski definition) is 7. The number of Topliss-reactive ketones (excluding diaryl/α,β-unsaturated/α-hetero) is 1. The summed E-state index contributed by atoms with van der Waals surface area (Å²) in [7, 11) is 0. The minimum absolute atomic E-state index is 0.112. The third kappa shape index (κ3) is 11.7. The Bertz CT molecular complexity index is 1620. The van der Waals surface area contributed by atoms with E-state index in [0.29, 0.717) is 30.4 Å². The number of ketones is 1. The first-order valence-electron chi connectivity index (χ1n) is 18.5. The van der Waals surface area contributed by atoms with Crippen molar-refractivity contribution < 1.29 is 43.8 Å². The van der Waals surface area contributed by atoms with Crippen molar-refractivity contribution in [3.63, 3.8) is 0 Å². The molecule has 4 unspecified atom stereocenters.